The van der Waals surface area contributed by atoms with Crippen molar-refractivity contribution in [2.45, 2.75) is 71.1 Å². The first-order valence-corrected chi connectivity index (χ1v) is 8.91. The second-order valence-corrected chi connectivity index (χ2v) is 5.95. The Morgan fingerprint density at radius 1 is 0.818 bits per heavy atom. The molecule has 0 bridgehead atoms. The average Bonchev–Trinajstić information content (AvgIpc) is 2.52. The molecule has 0 amide bonds. The van der Waals surface area contributed by atoms with Gasteiger partial charge in [-0.15, -0.1) is 0 Å². The normalized spacial score (nSPS) is 11.7. The second kappa shape index (κ2) is 13.2. The predicted octanol–water partition coefficient (Wildman–Crippen LogP) is 6.58. The van der Waals surface area contributed by atoms with E-state index in [1.807, 2.05) is 12.1 Å². The summed E-state index contributed by atoms with van der Waals surface area (Å²) in [5.41, 5.74) is 1.17. The fraction of sp³-hybridized carbons (Fsp3) is 0.524. The third-order valence-electron chi connectivity index (χ3n) is 3.81. The molecule has 0 aliphatic carbocycles. The summed E-state index contributed by atoms with van der Waals surface area (Å²) in [6.07, 6.45) is 21.7. The van der Waals surface area contributed by atoms with Gasteiger partial charge in [0.15, 0.2) is 0 Å². The molecule has 0 aliphatic heterocycles. The summed E-state index contributed by atoms with van der Waals surface area (Å²) in [5.74, 6) is 0.356. The minimum absolute atomic E-state index is 0.356. The van der Waals surface area contributed by atoms with E-state index in [0.717, 1.165) is 6.42 Å². The number of benzene rings is 1. The van der Waals surface area contributed by atoms with Crippen molar-refractivity contribution in [3.8, 4) is 5.75 Å². The van der Waals surface area contributed by atoms with Crippen molar-refractivity contribution in [3.63, 3.8) is 0 Å². The predicted molar refractivity (Wildman–Crippen MR) is 97.3 cm³/mol. The lowest BCUT2D eigenvalue weighted by atomic mass is 10.1. The highest BCUT2D eigenvalue weighted by atomic mass is 16.3. The Kier molecular flexibility index (Phi) is 11.1. The van der Waals surface area contributed by atoms with Crippen LogP contribution in [0.15, 0.2) is 48.6 Å². The number of phenols is 1. The third kappa shape index (κ3) is 10.3. The van der Waals surface area contributed by atoms with Gasteiger partial charge in [0.25, 0.3) is 0 Å². The first-order valence-electron chi connectivity index (χ1n) is 8.91. The number of rotatable bonds is 12. The highest BCUT2D eigenvalue weighted by Gasteiger charge is 1.91. The van der Waals surface area contributed by atoms with Gasteiger partial charge in [0, 0.05) is 0 Å². The summed E-state index contributed by atoms with van der Waals surface area (Å²) in [7, 11) is 0. The van der Waals surface area contributed by atoms with Crippen LogP contribution in [0.1, 0.15) is 70.3 Å². The lowest BCUT2D eigenvalue weighted by Gasteiger charge is -1.98. The number of aromatic hydroxyl groups is 1. The van der Waals surface area contributed by atoms with E-state index in [1.165, 1.54) is 63.4 Å². The summed E-state index contributed by atoms with van der Waals surface area (Å²) < 4.78 is 0. The topological polar surface area (TPSA) is 20.2 Å². The molecular weight excluding hydrogens is 268 g/mol. The molecule has 1 aromatic rings. The Morgan fingerprint density at radius 2 is 1.45 bits per heavy atom. The van der Waals surface area contributed by atoms with Crippen molar-refractivity contribution in [1.29, 1.82) is 0 Å². The standard InChI is InChI=1S/C21H32O/c1-2-3-4-5-6-7-8-9-10-11-12-13-14-16-20-17-15-18-21(22)19-20/h5-6,13-15,17-19,22H,2-4,7-12,16H2,1H3/b6-5+,14-13+. The van der Waals surface area contributed by atoms with E-state index in [2.05, 4.69) is 37.3 Å². The van der Waals surface area contributed by atoms with Crippen molar-refractivity contribution in [2.75, 3.05) is 0 Å². The quantitative estimate of drug-likeness (QED) is 0.341. The van der Waals surface area contributed by atoms with Crippen LogP contribution in [0.3, 0.4) is 0 Å². The largest absolute Gasteiger partial charge is 0.508 e. The number of unbranched alkanes of at least 4 members (excludes halogenated alkanes) is 7. The van der Waals surface area contributed by atoms with E-state index in [0.29, 0.717) is 5.75 Å². The molecule has 1 rings (SSSR count). The molecule has 1 nitrogen and oxygen atoms in total. The third-order valence-corrected chi connectivity index (χ3v) is 3.81. The van der Waals surface area contributed by atoms with Gasteiger partial charge in [-0.3, -0.25) is 0 Å². The summed E-state index contributed by atoms with van der Waals surface area (Å²) >= 11 is 0. The summed E-state index contributed by atoms with van der Waals surface area (Å²) in [4.78, 5) is 0. The Balaban J connectivity index is 1.93. The second-order valence-electron chi connectivity index (χ2n) is 5.95. The maximum absolute atomic E-state index is 9.39. The van der Waals surface area contributed by atoms with Gasteiger partial charge in [0.05, 0.1) is 0 Å². The van der Waals surface area contributed by atoms with Crippen molar-refractivity contribution < 1.29 is 5.11 Å². The first-order chi connectivity index (χ1) is 10.8. The van der Waals surface area contributed by atoms with Crippen LogP contribution in [-0.2, 0) is 6.42 Å². The van der Waals surface area contributed by atoms with Crippen LogP contribution in [0.4, 0.5) is 0 Å². The zero-order valence-corrected chi connectivity index (χ0v) is 14.1. The molecule has 0 aliphatic rings. The molecule has 0 saturated carbocycles. The molecule has 1 N–H and O–H groups in total. The number of allylic oxidation sites excluding steroid dienone is 4. The minimum atomic E-state index is 0.356. The van der Waals surface area contributed by atoms with E-state index in [4.69, 9.17) is 0 Å². The molecule has 0 radical (unpaired) electrons. The lowest BCUT2D eigenvalue weighted by molar-refractivity contribution is 0.474. The molecule has 0 unspecified atom stereocenters. The SMILES string of the molecule is CCCC/C=C/CCCCCC/C=C/Cc1cccc(O)c1. The molecule has 0 atom stereocenters. The number of phenolic OH excluding ortho intramolecular Hbond substituents is 1. The zero-order chi connectivity index (χ0) is 15.9. The Labute approximate surface area is 136 Å². The Hall–Kier alpha value is -1.50. The van der Waals surface area contributed by atoms with Crippen molar-refractivity contribution in [2.24, 2.45) is 0 Å². The van der Waals surface area contributed by atoms with Gasteiger partial charge in [-0.05, 0) is 56.2 Å². The van der Waals surface area contributed by atoms with Gasteiger partial charge in [-0.1, -0.05) is 69.0 Å². The molecule has 0 heterocycles. The molecular formula is C21H32O. The monoisotopic (exact) mass is 300 g/mol. The number of hydrogen-bond acceptors (Lipinski definition) is 1. The van der Waals surface area contributed by atoms with E-state index in [-0.39, 0.29) is 0 Å². The van der Waals surface area contributed by atoms with Gasteiger partial charge in [-0.25, -0.2) is 0 Å². The van der Waals surface area contributed by atoms with Gasteiger partial charge in [0.2, 0.25) is 0 Å². The van der Waals surface area contributed by atoms with E-state index >= 15 is 0 Å². The molecule has 122 valence electrons. The number of hydrogen-bond donors (Lipinski definition) is 1. The minimum Gasteiger partial charge on any atom is -0.508 e. The maximum atomic E-state index is 9.39. The highest BCUT2D eigenvalue weighted by molar-refractivity contribution is 5.28. The van der Waals surface area contributed by atoms with E-state index < -0.39 is 0 Å². The highest BCUT2D eigenvalue weighted by Crippen LogP contribution is 2.12. The molecule has 1 heteroatoms. The van der Waals surface area contributed by atoms with Crippen LogP contribution >= 0.6 is 0 Å². The summed E-state index contributed by atoms with van der Waals surface area (Å²) in [6, 6.07) is 7.50. The maximum Gasteiger partial charge on any atom is 0.115 e. The van der Waals surface area contributed by atoms with Gasteiger partial charge >= 0.3 is 0 Å². The molecule has 0 saturated heterocycles. The zero-order valence-electron chi connectivity index (χ0n) is 14.1. The fourth-order valence-corrected chi connectivity index (χ4v) is 2.46. The van der Waals surface area contributed by atoms with Gasteiger partial charge in [-0.2, -0.15) is 0 Å². The first kappa shape index (κ1) is 18.5. The van der Waals surface area contributed by atoms with Gasteiger partial charge < -0.3 is 5.11 Å². The molecule has 0 aromatic heterocycles. The Bertz CT molecular complexity index is 431. The van der Waals surface area contributed by atoms with Crippen LogP contribution in [0.25, 0.3) is 0 Å². The van der Waals surface area contributed by atoms with Crippen molar-refractivity contribution in [3.05, 3.63) is 54.1 Å². The molecule has 0 spiro atoms. The van der Waals surface area contributed by atoms with E-state index in [1.54, 1.807) is 6.07 Å². The lowest BCUT2D eigenvalue weighted by Crippen LogP contribution is -1.80. The molecule has 22 heavy (non-hydrogen) atoms. The molecule has 0 fully saturated rings. The molecule has 1 aromatic carbocycles. The van der Waals surface area contributed by atoms with Gasteiger partial charge in [0.1, 0.15) is 5.75 Å². The summed E-state index contributed by atoms with van der Waals surface area (Å²) in [6.45, 7) is 2.24. The van der Waals surface area contributed by atoms with Crippen LogP contribution in [-0.4, -0.2) is 5.11 Å². The van der Waals surface area contributed by atoms with Crippen LogP contribution in [0.5, 0.6) is 5.75 Å². The fourth-order valence-electron chi connectivity index (χ4n) is 2.46. The van der Waals surface area contributed by atoms with Crippen LogP contribution < -0.4 is 0 Å². The smallest absolute Gasteiger partial charge is 0.115 e. The summed E-state index contributed by atoms with van der Waals surface area (Å²) in [5, 5.41) is 9.39. The Morgan fingerprint density at radius 3 is 2.09 bits per heavy atom. The van der Waals surface area contributed by atoms with Crippen molar-refractivity contribution >= 4 is 0 Å². The average molecular weight is 300 g/mol. The van der Waals surface area contributed by atoms with Crippen molar-refractivity contribution in [1.82, 2.24) is 0 Å². The van der Waals surface area contributed by atoms with Crippen LogP contribution in [0, 0.1) is 0 Å². The van der Waals surface area contributed by atoms with E-state index in [9.17, 15) is 5.11 Å². The van der Waals surface area contributed by atoms with Crippen LogP contribution in [0.2, 0.25) is 0 Å².